The number of esters is 2. The molecule has 3 saturated carbocycles. The molecule has 2 bridgehead atoms. The molecule has 4 nitrogen and oxygen atoms in total. The quantitative estimate of drug-likeness (QED) is 0.468. The van der Waals surface area contributed by atoms with Gasteiger partial charge in [0.25, 0.3) is 0 Å². The molecule has 0 aromatic carbocycles. The molecular formula is C24H40O4. The van der Waals surface area contributed by atoms with Gasteiger partial charge in [-0.25, -0.2) is 0 Å². The zero-order valence-electron chi connectivity index (χ0n) is 18.4. The van der Waals surface area contributed by atoms with Gasteiger partial charge in [0.05, 0.1) is 11.8 Å². The number of hydrogen-bond donors (Lipinski definition) is 0. The van der Waals surface area contributed by atoms with Crippen molar-refractivity contribution in [3.05, 3.63) is 0 Å². The third-order valence-corrected chi connectivity index (χ3v) is 8.41. The third kappa shape index (κ3) is 3.98. The van der Waals surface area contributed by atoms with Crippen molar-refractivity contribution >= 4 is 11.9 Å². The van der Waals surface area contributed by atoms with Crippen molar-refractivity contribution in [2.24, 2.45) is 40.9 Å². The predicted octanol–water partition coefficient (Wildman–Crippen LogP) is 5.39. The molecule has 3 aliphatic carbocycles. The van der Waals surface area contributed by atoms with Gasteiger partial charge in [-0.2, -0.15) is 0 Å². The first-order valence-electron chi connectivity index (χ1n) is 11.8. The van der Waals surface area contributed by atoms with Gasteiger partial charge in [0.2, 0.25) is 0 Å². The van der Waals surface area contributed by atoms with E-state index in [2.05, 4.69) is 0 Å². The summed E-state index contributed by atoms with van der Waals surface area (Å²) in [6.07, 6.45) is 9.52. The van der Waals surface area contributed by atoms with Crippen LogP contribution in [0.3, 0.4) is 0 Å². The molecule has 0 heterocycles. The highest BCUT2D eigenvalue weighted by Crippen LogP contribution is 2.65. The molecule has 0 aliphatic heterocycles. The highest BCUT2D eigenvalue weighted by atomic mass is 16.5. The van der Waals surface area contributed by atoms with Crippen molar-refractivity contribution in [2.75, 3.05) is 13.2 Å². The Kier molecular flexibility index (Phi) is 7.09. The van der Waals surface area contributed by atoms with E-state index in [1.54, 1.807) is 0 Å². The molecule has 0 radical (unpaired) electrons. The summed E-state index contributed by atoms with van der Waals surface area (Å²) < 4.78 is 11.8. The lowest BCUT2D eigenvalue weighted by Gasteiger charge is -2.39. The van der Waals surface area contributed by atoms with Gasteiger partial charge in [-0.3, -0.25) is 9.59 Å². The van der Waals surface area contributed by atoms with Gasteiger partial charge in [0.15, 0.2) is 0 Å². The smallest absolute Gasteiger partial charge is 0.308 e. The largest absolute Gasteiger partial charge is 0.465 e. The van der Waals surface area contributed by atoms with Crippen molar-refractivity contribution < 1.29 is 19.1 Å². The zero-order valence-corrected chi connectivity index (χ0v) is 18.4. The highest BCUT2D eigenvalue weighted by molar-refractivity contribution is 5.73. The van der Waals surface area contributed by atoms with E-state index in [1.807, 2.05) is 27.7 Å². The Morgan fingerprint density at radius 3 is 1.82 bits per heavy atom. The summed E-state index contributed by atoms with van der Waals surface area (Å²) in [6, 6.07) is 0. The molecule has 3 fully saturated rings. The molecule has 3 rings (SSSR count). The van der Waals surface area contributed by atoms with E-state index >= 15 is 0 Å². The van der Waals surface area contributed by atoms with Crippen molar-refractivity contribution in [3.8, 4) is 0 Å². The van der Waals surface area contributed by atoms with Gasteiger partial charge >= 0.3 is 11.9 Å². The first-order chi connectivity index (χ1) is 13.5. The predicted molar refractivity (Wildman–Crippen MR) is 110 cm³/mol. The van der Waals surface area contributed by atoms with Crippen LogP contribution < -0.4 is 0 Å². The molecule has 3 aliphatic rings. The van der Waals surface area contributed by atoms with Crippen LogP contribution in [0.4, 0.5) is 0 Å². The Hall–Kier alpha value is -1.06. The number of rotatable bonds is 10. The lowest BCUT2D eigenvalue weighted by atomic mass is 9.69. The molecule has 0 amide bonds. The lowest BCUT2D eigenvalue weighted by molar-refractivity contribution is -0.163. The van der Waals surface area contributed by atoms with Gasteiger partial charge in [0.1, 0.15) is 13.2 Å². The first-order valence-corrected chi connectivity index (χ1v) is 11.8. The Balaban J connectivity index is 1.72. The average Bonchev–Trinajstić information content (AvgIpc) is 3.40. The van der Waals surface area contributed by atoms with Crippen molar-refractivity contribution in [3.63, 3.8) is 0 Å². The molecule has 4 unspecified atom stereocenters. The molecule has 160 valence electrons. The molecular weight excluding hydrogens is 352 g/mol. The summed E-state index contributed by atoms with van der Waals surface area (Å²) in [5.41, 5.74) is -0.159. The van der Waals surface area contributed by atoms with E-state index in [0.29, 0.717) is 19.1 Å². The molecule has 0 aromatic heterocycles. The van der Waals surface area contributed by atoms with Crippen LogP contribution in [0.5, 0.6) is 0 Å². The standard InChI is InChI=1S/C24H40O4/c1-5-16(6-2)22(25)27-14-24(15-28-23(26)17(7-3)8-4)12-11-20-18-9-10-19(13-18)21(20)24/h16-21H,5-15H2,1-4H3. The summed E-state index contributed by atoms with van der Waals surface area (Å²) in [6.45, 7) is 9.05. The fourth-order valence-corrected chi connectivity index (χ4v) is 6.69. The zero-order chi connectivity index (χ0) is 20.3. The Morgan fingerprint density at radius 2 is 1.32 bits per heavy atom. The normalized spacial score (nSPS) is 30.1. The first kappa shape index (κ1) is 21.6. The summed E-state index contributed by atoms with van der Waals surface area (Å²) in [7, 11) is 0. The molecule has 4 atom stereocenters. The average molecular weight is 393 g/mol. The van der Waals surface area contributed by atoms with Crippen molar-refractivity contribution in [1.29, 1.82) is 0 Å². The minimum absolute atomic E-state index is 0.0126. The monoisotopic (exact) mass is 392 g/mol. The van der Waals surface area contributed by atoms with Crippen molar-refractivity contribution in [1.82, 2.24) is 0 Å². The number of carbonyl (C=O) groups is 2. The molecule has 4 heteroatoms. The van der Waals surface area contributed by atoms with Gasteiger partial charge in [0, 0.05) is 5.41 Å². The van der Waals surface area contributed by atoms with Gasteiger partial charge in [-0.1, -0.05) is 27.7 Å². The van der Waals surface area contributed by atoms with Crippen LogP contribution in [0.1, 0.15) is 85.5 Å². The van der Waals surface area contributed by atoms with Crippen LogP contribution in [0, 0.1) is 40.9 Å². The minimum Gasteiger partial charge on any atom is -0.465 e. The maximum Gasteiger partial charge on any atom is 0.308 e. The lowest BCUT2D eigenvalue weighted by Crippen LogP contribution is -2.42. The van der Waals surface area contributed by atoms with E-state index in [1.165, 1.54) is 25.7 Å². The Morgan fingerprint density at radius 1 is 0.821 bits per heavy atom. The Labute approximate surface area is 171 Å². The molecule has 0 saturated heterocycles. The maximum absolute atomic E-state index is 12.6. The van der Waals surface area contributed by atoms with E-state index in [0.717, 1.165) is 49.9 Å². The van der Waals surface area contributed by atoms with E-state index in [-0.39, 0.29) is 29.2 Å². The summed E-state index contributed by atoms with van der Waals surface area (Å²) in [4.78, 5) is 25.1. The SMILES string of the molecule is CCC(CC)C(=O)OCC1(COC(=O)C(CC)CC)CCC2C3CCC(C3)C21. The summed E-state index contributed by atoms with van der Waals surface area (Å²) in [5.74, 6) is 2.73. The van der Waals surface area contributed by atoms with E-state index < -0.39 is 0 Å². The fraction of sp³-hybridized carbons (Fsp3) is 0.917. The van der Waals surface area contributed by atoms with Crippen molar-refractivity contribution in [2.45, 2.75) is 85.5 Å². The third-order valence-electron chi connectivity index (χ3n) is 8.41. The second-order valence-electron chi connectivity index (χ2n) is 9.67. The number of hydrogen-bond acceptors (Lipinski definition) is 4. The van der Waals surface area contributed by atoms with Crippen LogP contribution in [0.25, 0.3) is 0 Å². The molecule has 0 spiro atoms. The molecule has 0 aromatic rings. The topological polar surface area (TPSA) is 52.6 Å². The Bertz CT molecular complexity index is 521. The number of fused-ring (bicyclic) bond motifs is 5. The van der Waals surface area contributed by atoms with E-state index in [9.17, 15) is 9.59 Å². The van der Waals surface area contributed by atoms with Gasteiger partial charge < -0.3 is 9.47 Å². The van der Waals surface area contributed by atoms with E-state index in [4.69, 9.17) is 9.47 Å². The summed E-state index contributed by atoms with van der Waals surface area (Å²) in [5, 5.41) is 0. The highest BCUT2D eigenvalue weighted by Gasteiger charge is 2.60. The fourth-order valence-electron chi connectivity index (χ4n) is 6.69. The van der Waals surface area contributed by atoms with Gasteiger partial charge in [-0.15, -0.1) is 0 Å². The molecule has 0 N–H and O–H groups in total. The summed E-state index contributed by atoms with van der Waals surface area (Å²) >= 11 is 0. The van der Waals surface area contributed by atoms with Crippen LogP contribution in [0.2, 0.25) is 0 Å². The molecule has 28 heavy (non-hydrogen) atoms. The van der Waals surface area contributed by atoms with Crippen LogP contribution in [-0.4, -0.2) is 25.2 Å². The second kappa shape index (κ2) is 9.17. The maximum atomic E-state index is 12.6. The van der Waals surface area contributed by atoms with Crippen LogP contribution in [-0.2, 0) is 19.1 Å². The van der Waals surface area contributed by atoms with Crippen LogP contribution in [0.15, 0.2) is 0 Å². The minimum atomic E-state index is -0.159. The number of ether oxygens (including phenoxy) is 2. The van der Waals surface area contributed by atoms with Crippen LogP contribution >= 0.6 is 0 Å². The second-order valence-corrected chi connectivity index (χ2v) is 9.67. The number of carbonyl (C=O) groups excluding carboxylic acids is 2. The van der Waals surface area contributed by atoms with Gasteiger partial charge in [-0.05, 0) is 81.5 Å².